The standard InChI is InChI=1S/C20H33NO3SSi/c1-15-9-11-19(12-10-15)25(22,23)21-16(2)13-18(17(21)3)14-24-26(7,8)20(4,5)6/h9-13,17-18H,14H2,1-8H3. The molecule has 2 unspecified atom stereocenters. The Morgan fingerprint density at radius 1 is 1.12 bits per heavy atom. The van der Waals surface area contributed by atoms with Crippen LogP contribution in [0, 0.1) is 12.8 Å². The third kappa shape index (κ3) is 4.07. The third-order valence-electron chi connectivity index (χ3n) is 5.81. The van der Waals surface area contributed by atoms with E-state index in [-0.39, 0.29) is 17.0 Å². The zero-order chi connectivity index (χ0) is 19.9. The van der Waals surface area contributed by atoms with Crippen LogP contribution in [0.1, 0.15) is 40.2 Å². The molecular weight excluding hydrogens is 362 g/mol. The molecule has 4 nitrogen and oxygen atoms in total. The lowest BCUT2D eigenvalue weighted by molar-refractivity contribution is 0.220. The fourth-order valence-corrected chi connectivity index (χ4v) is 5.74. The van der Waals surface area contributed by atoms with Gasteiger partial charge in [-0.15, -0.1) is 0 Å². The van der Waals surface area contributed by atoms with Crippen LogP contribution in [-0.2, 0) is 14.4 Å². The molecule has 0 N–H and O–H groups in total. The van der Waals surface area contributed by atoms with Crippen LogP contribution in [-0.4, -0.2) is 33.7 Å². The molecular formula is C20H33NO3SSi. The minimum absolute atomic E-state index is 0.0735. The van der Waals surface area contributed by atoms with Crippen LogP contribution in [0.5, 0.6) is 0 Å². The van der Waals surface area contributed by atoms with Crippen molar-refractivity contribution in [1.29, 1.82) is 0 Å². The van der Waals surface area contributed by atoms with Crippen molar-refractivity contribution in [3.63, 3.8) is 0 Å². The molecule has 1 aliphatic heterocycles. The molecule has 0 saturated heterocycles. The highest BCUT2D eigenvalue weighted by Crippen LogP contribution is 2.39. The first kappa shape index (κ1) is 21.2. The van der Waals surface area contributed by atoms with E-state index >= 15 is 0 Å². The van der Waals surface area contributed by atoms with Gasteiger partial charge < -0.3 is 4.43 Å². The van der Waals surface area contributed by atoms with E-state index in [2.05, 4.69) is 33.9 Å². The molecule has 1 heterocycles. The maximum absolute atomic E-state index is 13.1. The summed E-state index contributed by atoms with van der Waals surface area (Å²) in [4.78, 5) is 0.341. The van der Waals surface area contributed by atoms with Gasteiger partial charge in [0.1, 0.15) is 0 Å². The normalized spacial score (nSPS) is 21.8. The van der Waals surface area contributed by atoms with Gasteiger partial charge in [0, 0.05) is 18.2 Å². The van der Waals surface area contributed by atoms with Gasteiger partial charge >= 0.3 is 0 Å². The second kappa shape index (κ2) is 7.13. The van der Waals surface area contributed by atoms with Crippen LogP contribution in [0.4, 0.5) is 0 Å². The van der Waals surface area contributed by atoms with Gasteiger partial charge in [-0.05, 0) is 51.0 Å². The van der Waals surface area contributed by atoms with Gasteiger partial charge in [0.15, 0.2) is 8.32 Å². The Balaban J connectivity index is 2.19. The van der Waals surface area contributed by atoms with Crippen molar-refractivity contribution in [2.45, 2.75) is 70.6 Å². The monoisotopic (exact) mass is 395 g/mol. The van der Waals surface area contributed by atoms with Crippen LogP contribution in [0.15, 0.2) is 40.9 Å². The number of hydrogen-bond donors (Lipinski definition) is 0. The van der Waals surface area contributed by atoms with E-state index in [0.29, 0.717) is 11.5 Å². The highest BCUT2D eigenvalue weighted by molar-refractivity contribution is 7.89. The average Bonchev–Trinajstić information content (AvgIpc) is 2.79. The van der Waals surface area contributed by atoms with Gasteiger partial charge in [0.05, 0.1) is 10.9 Å². The van der Waals surface area contributed by atoms with E-state index in [0.717, 1.165) is 11.3 Å². The van der Waals surface area contributed by atoms with Crippen molar-refractivity contribution in [3.8, 4) is 0 Å². The summed E-state index contributed by atoms with van der Waals surface area (Å²) < 4.78 is 34.2. The largest absolute Gasteiger partial charge is 0.416 e. The molecule has 26 heavy (non-hydrogen) atoms. The number of nitrogens with zero attached hydrogens (tertiary/aromatic N) is 1. The van der Waals surface area contributed by atoms with Crippen molar-refractivity contribution in [3.05, 3.63) is 41.6 Å². The minimum atomic E-state index is -3.55. The Bertz CT molecular complexity index is 776. The maximum Gasteiger partial charge on any atom is 0.264 e. The SMILES string of the molecule is CC1=CC(CO[Si](C)(C)C(C)(C)C)C(C)N1S(=O)(=O)c1ccc(C)cc1. The second-order valence-electron chi connectivity index (χ2n) is 8.90. The van der Waals surface area contributed by atoms with Gasteiger partial charge in [-0.25, -0.2) is 8.42 Å². The summed E-state index contributed by atoms with van der Waals surface area (Å²) in [5, 5.41) is 0.140. The number of hydrogen-bond acceptors (Lipinski definition) is 3. The molecule has 6 heteroatoms. The summed E-state index contributed by atoms with van der Waals surface area (Å²) in [7, 11) is -5.41. The molecule has 1 aliphatic rings. The van der Waals surface area contributed by atoms with Gasteiger partial charge in [-0.2, -0.15) is 0 Å². The molecule has 2 atom stereocenters. The van der Waals surface area contributed by atoms with Crippen molar-refractivity contribution in [2.24, 2.45) is 5.92 Å². The zero-order valence-corrected chi connectivity index (χ0v) is 19.1. The Labute approximate surface area is 160 Å². The van der Waals surface area contributed by atoms with E-state index in [9.17, 15) is 8.42 Å². The molecule has 1 aromatic rings. The Morgan fingerprint density at radius 3 is 2.15 bits per heavy atom. The van der Waals surface area contributed by atoms with Gasteiger partial charge in [-0.1, -0.05) is 44.5 Å². The van der Waals surface area contributed by atoms with Gasteiger partial charge in [-0.3, -0.25) is 4.31 Å². The molecule has 146 valence electrons. The van der Waals surface area contributed by atoms with Crippen molar-refractivity contribution in [1.82, 2.24) is 4.31 Å². The molecule has 0 bridgehead atoms. The zero-order valence-electron chi connectivity index (χ0n) is 17.3. The van der Waals surface area contributed by atoms with Crippen molar-refractivity contribution < 1.29 is 12.8 Å². The van der Waals surface area contributed by atoms with Crippen LogP contribution in [0.3, 0.4) is 0 Å². The summed E-state index contributed by atoms with van der Waals surface area (Å²) in [6, 6.07) is 6.90. The summed E-state index contributed by atoms with van der Waals surface area (Å²) in [6.07, 6.45) is 2.05. The van der Waals surface area contributed by atoms with Gasteiger partial charge in [0.25, 0.3) is 10.0 Å². The van der Waals surface area contributed by atoms with Crippen LogP contribution >= 0.6 is 0 Å². The van der Waals surface area contributed by atoms with Crippen molar-refractivity contribution in [2.75, 3.05) is 6.61 Å². The van der Waals surface area contributed by atoms with Crippen molar-refractivity contribution >= 4 is 18.3 Å². The maximum atomic E-state index is 13.1. The second-order valence-corrected chi connectivity index (χ2v) is 15.5. The van der Waals surface area contributed by atoms with E-state index in [4.69, 9.17) is 4.43 Å². The van der Waals surface area contributed by atoms with Crippen LogP contribution in [0.2, 0.25) is 18.1 Å². The van der Waals surface area contributed by atoms with Gasteiger partial charge in [0.2, 0.25) is 0 Å². The van der Waals surface area contributed by atoms with E-state index in [1.165, 1.54) is 0 Å². The van der Waals surface area contributed by atoms with E-state index in [1.807, 2.05) is 39.0 Å². The van der Waals surface area contributed by atoms with Crippen LogP contribution < -0.4 is 0 Å². The number of rotatable bonds is 5. The topological polar surface area (TPSA) is 46.6 Å². The van der Waals surface area contributed by atoms with E-state index in [1.54, 1.807) is 16.4 Å². The lowest BCUT2D eigenvalue weighted by Crippen LogP contribution is -2.43. The quantitative estimate of drug-likeness (QED) is 0.664. The lowest BCUT2D eigenvalue weighted by Gasteiger charge is -2.37. The Morgan fingerprint density at radius 2 is 1.65 bits per heavy atom. The minimum Gasteiger partial charge on any atom is -0.416 e. The molecule has 1 aromatic carbocycles. The highest BCUT2D eigenvalue weighted by Gasteiger charge is 2.41. The first-order valence-corrected chi connectivity index (χ1v) is 13.6. The predicted molar refractivity (Wildman–Crippen MR) is 110 cm³/mol. The molecule has 0 spiro atoms. The summed E-state index contributed by atoms with van der Waals surface area (Å²) in [6.45, 7) is 17.5. The third-order valence-corrected chi connectivity index (χ3v) is 12.3. The first-order valence-electron chi connectivity index (χ1n) is 9.21. The molecule has 2 rings (SSSR count). The number of allylic oxidation sites excluding steroid dienone is 1. The van der Waals surface area contributed by atoms with Crippen LogP contribution in [0.25, 0.3) is 0 Å². The average molecular weight is 396 g/mol. The fourth-order valence-electron chi connectivity index (χ4n) is 2.96. The molecule has 0 radical (unpaired) electrons. The predicted octanol–water partition coefficient (Wildman–Crippen LogP) is 4.93. The number of sulfonamides is 1. The Kier molecular flexibility index (Phi) is 5.81. The fraction of sp³-hybridized carbons (Fsp3) is 0.600. The molecule has 0 aromatic heterocycles. The molecule has 0 aliphatic carbocycles. The summed E-state index contributed by atoms with van der Waals surface area (Å²) >= 11 is 0. The molecule has 0 fully saturated rings. The number of benzene rings is 1. The smallest absolute Gasteiger partial charge is 0.264 e. The Hall–Kier alpha value is -1.11. The van der Waals surface area contributed by atoms with E-state index < -0.39 is 18.3 Å². The number of aryl methyl sites for hydroxylation is 1. The molecule has 0 amide bonds. The summed E-state index contributed by atoms with van der Waals surface area (Å²) in [5.74, 6) is 0.0735. The first-order chi connectivity index (χ1) is 11.8. The lowest BCUT2D eigenvalue weighted by atomic mass is 10.1. The highest BCUT2D eigenvalue weighted by atomic mass is 32.2. The molecule has 0 saturated carbocycles. The summed E-state index contributed by atoms with van der Waals surface area (Å²) in [5.41, 5.74) is 1.83.